The van der Waals surface area contributed by atoms with Crippen molar-refractivity contribution < 1.29 is 9.53 Å². The number of rotatable bonds is 3. The molecule has 5 heteroatoms. The number of carbonyl (C=O) groups excluding carboxylic acids is 1. The van der Waals surface area contributed by atoms with Crippen molar-refractivity contribution in [2.45, 2.75) is 25.7 Å². The van der Waals surface area contributed by atoms with E-state index in [2.05, 4.69) is 11.8 Å². The third kappa shape index (κ3) is 5.44. The third-order valence-electron chi connectivity index (χ3n) is 3.51. The number of ether oxygens (including phenoxy) is 1. The lowest BCUT2D eigenvalue weighted by molar-refractivity contribution is 0.137. The molecule has 1 fully saturated rings. The highest BCUT2D eigenvalue weighted by Gasteiger charge is 2.23. The van der Waals surface area contributed by atoms with Gasteiger partial charge in [0.2, 0.25) is 0 Å². The van der Waals surface area contributed by atoms with E-state index in [1.54, 1.807) is 29.2 Å². The number of nitrogens with zero attached hydrogens (tertiary/aromatic N) is 1. The first-order chi connectivity index (χ1) is 10.7. The monoisotopic (exact) mass is 339 g/mol. The largest absolute Gasteiger partial charge is 0.415 e. The van der Waals surface area contributed by atoms with Gasteiger partial charge >= 0.3 is 6.09 Å². The van der Waals surface area contributed by atoms with Crippen molar-refractivity contribution in [2.75, 3.05) is 19.0 Å². The highest BCUT2D eigenvalue weighted by molar-refractivity contribution is 6.30. The van der Waals surface area contributed by atoms with Gasteiger partial charge in [-0.3, -0.25) is 0 Å². The second kappa shape index (κ2) is 8.92. The van der Waals surface area contributed by atoms with Gasteiger partial charge in [-0.2, -0.15) is 0 Å². The highest BCUT2D eigenvalue weighted by atomic mass is 35.5. The second-order valence-electron chi connectivity index (χ2n) is 5.20. The number of piperidine rings is 1. The number of benzene rings is 1. The average Bonchev–Trinajstić information content (AvgIpc) is 2.54. The summed E-state index contributed by atoms with van der Waals surface area (Å²) >= 11 is 11.4. The van der Waals surface area contributed by atoms with Crippen molar-refractivity contribution in [1.29, 1.82) is 0 Å². The third-order valence-corrected chi connectivity index (χ3v) is 4.03. The van der Waals surface area contributed by atoms with Crippen LogP contribution >= 0.6 is 23.2 Å². The van der Waals surface area contributed by atoms with Crippen LogP contribution in [-0.2, 0) is 0 Å². The first kappa shape index (κ1) is 17.0. The topological polar surface area (TPSA) is 29.5 Å². The Morgan fingerprint density at radius 3 is 2.59 bits per heavy atom. The standard InChI is InChI=1S/C17H19Cl2NO2/c18-11-3-1-2-4-14-9-12-20(13-10-14)17(21)22-16-7-5-15(19)6-8-16/h5-8,14H,1,3,9-13H2. The van der Waals surface area contributed by atoms with E-state index < -0.39 is 0 Å². The van der Waals surface area contributed by atoms with E-state index in [9.17, 15) is 4.79 Å². The Bertz CT molecular complexity index is 540. The maximum Gasteiger partial charge on any atom is 0.415 e. The summed E-state index contributed by atoms with van der Waals surface area (Å²) in [5, 5.41) is 0.619. The molecule has 0 spiro atoms. The van der Waals surface area contributed by atoms with Gasteiger partial charge in [0.25, 0.3) is 0 Å². The lowest BCUT2D eigenvalue weighted by Gasteiger charge is -2.28. The van der Waals surface area contributed by atoms with Crippen molar-refractivity contribution >= 4 is 29.3 Å². The summed E-state index contributed by atoms with van der Waals surface area (Å²) in [6.45, 7) is 1.36. The summed E-state index contributed by atoms with van der Waals surface area (Å²) in [7, 11) is 0. The fourth-order valence-electron chi connectivity index (χ4n) is 2.25. The zero-order valence-electron chi connectivity index (χ0n) is 12.4. The van der Waals surface area contributed by atoms with E-state index in [0.717, 1.165) is 25.7 Å². The molecule has 0 bridgehead atoms. The van der Waals surface area contributed by atoms with E-state index in [-0.39, 0.29) is 6.09 Å². The Labute approximate surface area is 141 Å². The van der Waals surface area contributed by atoms with Crippen LogP contribution in [0.3, 0.4) is 0 Å². The zero-order valence-corrected chi connectivity index (χ0v) is 13.9. The van der Waals surface area contributed by atoms with Gasteiger partial charge < -0.3 is 9.64 Å². The van der Waals surface area contributed by atoms with Crippen LogP contribution in [0, 0.1) is 17.8 Å². The number of hydrogen-bond acceptors (Lipinski definition) is 2. The van der Waals surface area contributed by atoms with Crippen molar-refractivity contribution in [1.82, 2.24) is 4.90 Å². The van der Waals surface area contributed by atoms with Gasteiger partial charge in [0.05, 0.1) is 0 Å². The molecule has 0 aliphatic carbocycles. The molecule has 1 amide bonds. The molecule has 0 atom stereocenters. The molecular formula is C17H19Cl2NO2. The van der Waals surface area contributed by atoms with Crippen molar-refractivity contribution in [3.63, 3.8) is 0 Å². The minimum absolute atomic E-state index is 0.309. The molecule has 1 aromatic carbocycles. The van der Waals surface area contributed by atoms with E-state index in [1.807, 2.05) is 0 Å². The van der Waals surface area contributed by atoms with Crippen molar-refractivity contribution in [3.05, 3.63) is 29.3 Å². The van der Waals surface area contributed by atoms with Crippen LogP contribution in [-0.4, -0.2) is 30.0 Å². The molecule has 0 radical (unpaired) electrons. The highest BCUT2D eigenvalue weighted by Crippen LogP contribution is 2.20. The summed E-state index contributed by atoms with van der Waals surface area (Å²) in [4.78, 5) is 13.8. The fourth-order valence-corrected chi connectivity index (χ4v) is 2.51. The number of halogens is 2. The molecule has 118 valence electrons. The Balaban J connectivity index is 1.77. The van der Waals surface area contributed by atoms with Crippen LogP contribution in [0.4, 0.5) is 4.79 Å². The summed E-state index contributed by atoms with van der Waals surface area (Å²) in [6.07, 6.45) is 3.26. The Morgan fingerprint density at radius 2 is 1.95 bits per heavy atom. The van der Waals surface area contributed by atoms with Gasteiger partial charge in [0.1, 0.15) is 5.75 Å². The smallest absolute Gasteiger partial charge is 0.410 e. The molecule has 0 N–H and O–H groups in total. The van der Waals surface area contributed by atoms with Gasteiger partial charge in [-0.05, 0) is 43.5 Å². The average molecular weight is 340 g/mol. The first-order valence-electron chi connectivity index (χ1n) is 7.45. The number of unbranched alkanes of at least 4 members (excludes halogenated alkanes) is 1. The van der Waals surface area contributed by atoms with Crippen LogP contribution in [0.1, 0.15) is 25.7 Å². The molecule has 1 heterocycles. The maximum atomic E-state index is 12.1. The molecule has 0 saturated carbocycles. The molecule has 2 rings (SSSR count). The van der Waals surface area contributed by atoms with Gasteiger partial charge in [0, 0.05) is 36.3 Å². The Hall–Kier alpha value is -1.37. The lowest BCUT2D eigenvalue weighted by Crippen LogP contribution is -2.39. The quantitative estimate of drug-likeness (QED) is 0.458. The minimum atomic E-state index is -0.309. The molecule has 1 aromatic rings. The van der Waals surface area contributed by atoms with Crippen LogP contribution in [0.25, 0.3) is 0 Å². The zero-order chi connectivity index (χ0) is 15.8. The van der Waals surface area contributed by atoms with Gasteiger partial charge in [-0.15, -0.1) is 17.5 Å². The Kier molecular flexibility index (Phi) is 6.89. The number of carbonyl (C=O) groups is 1. The molecule has 0 unspecified atom stereocenters. The molecule has 0 aromatic heterocycles. The van der Waals surface area contributed by atoms with Gasteiger partial charge in [-0.1, -0.05) is 17.5 Å². The summed E-state index contributed by atoms with van der Waals surface area (Å²) in [5.41, 5.74) is 0. The normalized spacial score (nSPS) is 15.1. The number of likely N-dealkylation sites (tertiary alicyclic amines) is 1. The fraction of sp³-hybridized carbons (Fsp3) is 0.471. The van der Waals surface area contributed by atoms with Crippen LogP contribution in [0.2, 0.25) is 5.02 Å². The maximum absolute atomic E-state index is 12.1. The van der Waals surface area contributed by atoms with E-state index >= 15 is 0 Å². The van der Waals surface area contributed by atoms with Crippen molar-refractivity contribution in [3.8, 4) is 17.6 Å². The molecule has 1 aliphatic heterocycles. The second-order valence-corrected chi connectivity index (χ2v) is 6.01. The lowest BCUT2D eigenvalue weighted by atomic mass is 9.97. The predicted molar refractivity (Wildman–Crippen MR) is 89.5 cm³/mol. The van der Waals surface area contributed by atoms with Crippen LogP contribution in [0.5, 0.6) is 5.75 Å². The first-order valence-corrected chi connectivity index (χ1v) is 8.37. The molecular weight excluding hydrogens is 321 g/mol. The number of amides is 1. The molecule has 1 aliphatic rings. The van der Waals surface area contributed by atoms with E-state index in [0.29, 0.717) is 35.7 Å². The van der Waals surface area contributed by atoms with Crippen molar-refractivity contribution in [2.24, 2.45) is 5.92 Å². The van der Waals surface area contributed by atoms with Crippen LogP contribution in [0.15, 0.2) is 24.3 Å². The SMILES string of the molecule is O=C(Oc1ccc(Cl)cc1)N1CCC(C#CCCCCl)CC1. The molecule has 3 nitrogen and oxygen atoms in total. The predicted octanol–water partition coefficient (Wildman–Crippen LogP) is 4.57. The number of hydrogen-bond donors (Lipinski definition) is 0. The van der Waals surface area contributed by atoms with Crippen LogP contribution < -0.4 is 4.74 Å². The van der Waals surface area contributed by atoms with Gasteiger partial charge in [0.15, 0.2) is 0 Å². The van der Waals surface area contributed by atoms with E-state index in [1.165, 1.54) is 0 Å². The number of alkyl halides is 1. The molecule has 1 saturated heterocycles. The Morgan fingerprint density at radius 1 is 1.27 bits per heavy atom. The molecule has 22 heavy (non-hydrogen) atoms. The van der Waals surface area contributed by atoms with Gasteiger partial charge in [-0.25, -0.2) is 4.79 Å². The minimum Gasteiger partial charge on any atom is -0.410 e. The summed E-state index contributed by atoms with van der Waals surface area (Å²) < 4.78 is 5.33. The van der Waals surface area contributed by atoms with E-state index in [4.69, 9.17) is 27.9 Å². The summed E-state index contributed by atoms with van der Waals surface area (Å²) in [6, 6.07) is 6.78. The summed E-state index contributed by atoms with van der Waals surface area (Å²) in [5.74, 6) is 7.97.